The van der Waals surface area contributed by atoms with E-state index in [2.05, 4.69) is 39.6 Å². The predicted octanol–water partition coefficient (Wildman–Crippen LogP) is 3.92. The lowest BCUT2D eigenvalue weighted by molar-refractivity contribution is -0.193. The van der Waals surface area contributed by atoms with Gasteiger partial charge < -0.3 is 26.2 Å². The van der Waals surface area contributed by atoms with Crippen LogP contribution in [0.4, 0.5) is 40.8 Å². The maximum absolute atomic E-state index is 12.9. The van der Waals surface area contributed by atoms with Crippen LogP contribution >= 0.6 is 11.3 Å². The number of benzene rings is 1. The monoisotopic (exact) mass is 688 g/mol. The first-order valence-corrected chi connectivity index (χ1v) is 13.8. The molecular formula is C26H28F8N6O5S. The molecule has 3 aromatic rings. The van der Waals surface area contributed by atoms with Crippen molar-refractivity contribution in [2.75, 3.05) is 37.6 Å². The summed E-state index contributed by atoms with van der Waals surface area (Å²) in [5, 5.41) is 21.7. The molecule has 3 heterocycles. The van der Waals surface area contributed by atoms with Crippen molar-refractivity contribution in [3.05, 3.63) is 69.2 Å². The number of carbonyl (C=O) groups is 2. The molecule has 0 atom stereocenters. The van der Waals surface area contributed by atoms with Gasteiger partial charge >= 0.3 is 30.0 Å². The molecule has 0 aliphatic carbocycles. The van der Waals surface area contributed by atoms with Gasteiger partial charge in [-0.1, -0.05) is 12.1 Å². The summed E-state index contributed by atoms with van der Waals surface area (Å²) < 4.78 is 91.8. The molecule has 1 aliphatic heterocycles. The molecule has 0 bridgehead atoms. The minimum absolute atomic E-state index is 0.292. The number of aryl methyl sites for hydroxylation is 1. The molecule has 254 valence electrons. The van der Waals surface area contributed by atoms with E-state index >= 15 is 0 Å². The van der Waals surface area contributed by atoms with Gasteiger partial charge in [0, 0.05) is 53.7 Å². The number of hydrogen-bond donors (Lipinski definition) is 4. The average Bonchev–Trinajstić information content (AvgIpc) is 3.56. The van der Waals surface area contributed by atoms with E-state index in [1.807, 2.05) is 12.1 Å². The molecule has 5 N–H and O–H groups in total. The SMILES string of the molecule is Cc1nn(CC(CN)=C(F)F)c(=O)n1Cc1ccc(-c2ccc(N3CCNCC3)cc2)s1.O=C(O)C(F)(F)F.O=C(O)C(F)(F)F. The van der Waals surface area contributed by atoms with Crippen molar-refractivity contribution in [3.8, 4) is 10.4 Å². The molecule has 1 saturated heterocycles. The third-order valence-electron chi connectivity index (χ3n) is 6.06. The Labute approximate surface area is 259 Å². The minimum atomic E-state index is -5.08. The third kappa shape index (κ3) is 11.2. The Morgan fingerprint density at radius 3 is 1.93 bits per heavy atom. The molecule has 2 aromatic heterocycles. The summed E-state index contributed by atoms with van der Waals surface area (Å²) in [5.74, 6) is -5.04. The number of carboxylic acids is 2. The minimum Gasteiger partial charge on any atom is -0.475 e. The van der Waals surface area contributed by atoms with Crippen LogP contribution in [0.25, 0.3) is 10.4 Å². The highest BCUT2D eigenvalue weighted by atomic mass is 32.1. The molecule has 1 fully saturated rings. The Bertz CT molecular complexity index is 1530. The number of halogens is 8. The quantitative estimate of drug-likeness (QED) is 0.271. The van der Waals surface area contributed by atoms with Crippen molar-refractivity contribution in [2.24, 2.45) is 5.73 Å². The van der Waals surface area contributed by atoms with Crippen LogP contribution in [0, 0.1) is 6.92 Å². The van der Waals surface area contributed by atoms with E-state index in [1.165, 1.54) is 10.3 Å². The van der Waals surface area contributed by atoms with E-state index in [9.17, 15) is 39.9 Å². The predicted molar refractivity (Wildman–Crippen MR) is 151 cm³/mol. The summed E-state index contributed by atoms with van der Waals surface area (Å²) in [6.07, 6.45) is -12.0. The van der Waals surface area contributed by atoms with E-state index in [0.29, 0.717) is 12.4 Å². The molecule has 1 aliphatic rings. The van der Waals surface area contributed by atoms with Gasteiger partial charge in [0.2, 0.25) is 0 Å². The number of nitrogens with two attached hydrogens (primary N) is 1. The number of thiophene rings is 1. The Morgan fingerprint density at radius 2 is 1.48 bits per heavy atom. The second-order valence-electron chi connectivity index (χ2n) is 9.30. The largest absolute Gasteiger partial charge is 0.490 e. The lowest BCUT2D eigenvalue weighted by Crippen LogP contribution is -2.43. The number of rotatable bonds is 7. The fourth-order valence-corrected chi connectivity index (χ4v) is 4.75. The first-order chi connectivity index (χ1) is 21.3. The maximum Gasteiger partial charge on any atom is 0.490 e. The average molecular weight is 689 g/mol. The summed E-state index contributed by atoms with van der Waals surface area (Å²) in [6, 6.07) is 12.6. The second kappa shape index (κ2) is 16.3. The lowest BCUT2D eigenvalue weighted by Gasteiger charge is -2.29. The molecule has 0 spiro atoms. The van der Waals surface area contributed by atoms with Crippen molar-refractivity contribution in [1.82, 2.24) is 19.7 Å². The molecule has 46 heavy (non-hydrogen) atoms. The smallest absolute Gasteiger partial charge is 0.475 e. The number of aliphatic carboxylic acids is 2. The Morgan fingerprint density at radius 1 is 0.957 bits per heavy atom. The van der Waals surface area contributed by atoms with Crippen molar-refractivity contribution < 1.29 is 54.9 Å². The van der Waals surface area contributed by atoms with Gasteiger partial charge in [-0.15, -0.1) is 11.3 Å². The van der Waals surface area contributed by atoms with Crippen molar-refractivity contribution >= 4 is 29.0 Å². The Balaban J connectivity index is 0.000000440. The van der Waals surface area contributed by atoms with Crippen LogP contribution in [0.5, 0.6) is 0 Å². The lowest BCUT2D eigenvalue weighted by atomic mass is 10.1. The van der Waals surface area contributed by atoms with Crippen LogP contribution in [0.3, 0.4) is 0 Å². The van der Waals surface area contributed by atoms with Crippen molar-refractivity contribution in [2.45, 2.75) is 32.4 Å². The summed E-state index contributed by atoms with van der Waals surface area (Å²) in [7, 11) is 0. The van der Waals surface area contributed by atoms with Crippen LogP contribution in [-0.2, 0) is 22.7 Å². The third-order valence-corrected chi connectivity index (χ3v) is 7.18. The molecule has 0 unspecified atom stereocenters. The number of nitrogens with zero attached hydrogens (tertiary/aromatic N) is 4. The number of nitrogens with one attached hydrogen (secondary N) is 1. The molecule has 4 rings (SSSR count). The first-order valence-electron chi connectivity index (χ1n) is 13.0. The Hall–Kier alpha value is -4.30. The van der Waals surface area contributed by atoms with Crippen molar-refractivity contribution in [3.63, 3.8) is 0 Å². The van der Waals surface area contributed by atoms with E-state index < -0.39 is 36.1 Å². The number of alkyl halides is 6. The zero-order valence-corrected chi connectivity index (χ0v) is 24.6. The zero-order valence-electron chi connectivity index (χ0n) is 23.8. The fraction of sp³-hybridized carbons (Fsp3) is 0.385. The highest BCUT2D eigenvalue weighted by Crippen LogP contribution is 2.30. The molecule has 0 saturated carbocycles. The van der Waals surface area contributed by atoms with E-state index in [1.54, 1.807) is 18.3 Å². The van der Waals surface area contributed by atoms with E-state index in [-0.39, 0.29) is 18.7 Å². The topological polar surface area (TPSA) is 156 Å². The van der Waals surface area contributed by atoms with Gasteiger partial charge in [-0.3, -0.25) is 4.57 Å². The van der Waals surface area contributed by atoms with Crippen molar-refractivity contribution in [1.29, 1.82) is 0 Å². The maximum atomic E-state index is 12.9. The van der Waals surface area contributed by atoms with Gasteiger partial charge in [0.1, 0.15) is 5.82 Å². The van der Waals surface area contributed by atoms with Gasteiger partial charge in [-0.2, -0.15) is 40.2 Å². The number of aromatic nitrogens is 3. The van der Waals surface area contributed by atoms with Crippen LogP contribution in [-0.4, -0.2) is 81.6 Å². The van der Waals surface area contributed by atoms with Gasteiger partial charge in [0.05, 0.1) is 13.1 Å². The van der Waals surface area contributed by atoms with Crippen LogP contribution in [0.2, 0.25) is 0 Å². The summed E-state index contributed by atoms with van der Waals surface area (Å²) in [5.41, 5.74) is 6.98. The van der Waals surface area contributed by atoms with Gasteiger partial charge in [-0.05, 0) is 36.8 Å². The van der Waals surface area contributed by atoms with E-state index in [0.717, 1.165) is 46.2 Å². The van der Waals surface area contributed by atoms with Crippen LogP contribution in [0.15, 0.2) is 52.8 Å². The van der Waals surface area contributed by atoms with Crippen LogP contribution < -0.4 is 21.6 Å². The van der Waals surface area contributed by atoms with Crippen LogP contribution in [0.1, 0.15) is 10.7 Å². The molecule has 11 nitrogen and oxygen atoms in total. The van der Waals surface area contributed by atoms with Gasteiger partial charge in [0.15, 0.2) is 0 Å². The summed E-state index contributed by atoms with van der Waals surface area (Å²) >= 11 is 1.60. The molecule has 0 radical (unpaired) electrons. The molecule has 20 heteroatoms. The normalized spacial score (nSPS) is 13.2. The second-order valence-corrected chi connectivity index (χ2v) is 10.5. The summed E-state index contributed by atoms with van der Waals surface area (Å²) in [6.45, 7) is 5.42. The van der Waals surface area contributed by atoms with Gasteiger partial charge in [0.25, 0.3) is 6.08 Å². The number of carboxylic acid groups (broad SMARTS) is 2. The van der Waals surface area contributed by atoms with E-state index in [4.69, 9.17) is 25.5 Å². The number of hydrogen-bond acceptors (Lipinski definition) is 8. The highest BCUT2D eigenvalue weighted by molar-refractivity contribution is 7.15. The zero-order chi connectivity index (χ0) is 34.8. The summed E-state index contributed by atoms with van der Waals surface area (Å²) in [4.78, 5) is 34.9. The Kier molecular flexibility index (Phi) is 13.4. The fourth-order valence-electron chi connectivity index (χ4n) is 3.75. The molecule has 0 amide bonds. The molecule has 1 aromatic carbocycles. The first kappa shape index (κ1) is 37.9. The standard InChI is InChI=1S/C22H26F2N6OS.2C2HF3O2/c1-15-27-30(13-17(12-25)21(23)24)22(31)29(15)14-19-6-7-20(32-19)16-2-4-18(5-3-16)28-10-8-26-9-11-28;2*3-2(4,5)1(6)7/h2-7,26H,8-14,25H2,1H3;2*(H,6,7). The highest BCUT2D eigenvalue weighted by Gasteiger charge is 2.38. The number of piperazine rings is 1. The van der Waals surface area contributed by atoms with Gasteiger partial charge in [-0.25, -0.2) is 19.1 Å². The molecular weight excluding hydrogens is 660 g/mol. The number of anilines is 1.